The maximum atomic E-state index is 8.99. The van der Waals surface area contributed by atoms with Crippen molar-refractivity contribution in [3.63, 3.8) is 0 Å². The molecular formula is C14H17NO. The molecule has 2 heteroatoms. The molecule has 0 amide bonds. The SMILES string of the molecule is Cc1cc(C)cc(Cn2ccc(CO)c2)c1. The van der Waals surface area contributed by atoms with Gasteiger partial charge in [-0.05, 0) is 31.0 Å². The highest BCUT2D eigenvalue weighted by Crippen LogP contribution is 2.11. The van der Waals surface area contributed by atoms with Crippen LogP contribution in [0.4, 0.5) is 0 Å². The van der Waals surface area contributed by atoms with Gasteiger partial charge in [-0.3, -0.25) is 0 Å². The highest BCUT2D eigenvalue weighted by Gasteiger charge is 1.99. The van der Waals surface area contributed by atoms with Crippen molar-refractivity contribution in [1.82, 2.24) is 4.57 Å². The van der Waals surface area contributed by atoms with Crippen molar-refractivity contribution in [2.75, 3.05) is 0 Å². The Bertz CT molecular complexity index is 465. The summed E-state index contributed by atoms with van der Waals surface area (Å²) in [5.41, 5.74) is 4.86. The summed E-state index contributed by atoms with van der Waals surface area (Å²) in [5, 5.41) is 8.99. The first-order chi connectivity index (χ1) is 7.67. The van der Waals surface area contributed by atoms with Gasteiger partial charge in [-0.15, -0.1) is 0 Å². The normalized spacial score (nSPS) is 10.7. The highest BCUT2D eigenvalue weighted by molar-refractivity contribution is 5.29. The molecule has 0 saturated carbocycles. The summed E-state index contributed by atoms with van der Waals surface area (Å²) in [6.45, 7) is 5.21. The van der Waals surface area contributed by atoms with Crippen molar-refractivity contribution in [2.45, 2.75) is 27.0 Å². The first kappa shape index (κ1) is 11.0. The Hall–Kier alpha value is -1.54. The van der Waals surface area contributed by atoms with Crippen LogP contribution in [0.15, 0.2) is 36.7 Å². The van der Waals surface area contributed by atoms with E-state index in [0.29, 0.717) is 0 Å². The van der Waals surface area contributed by atoms with E-state index in [0.717, 1.165) is 12.1 Å². The number of aliphatic hydroxyl groups excluding tert-OH is 1. The fourth-order valence-corrected chi connectivity index (χ4v) is 2.05. The summed E-state index contributed by atoms with van der Waals surface area (Å²) in [6, 6.07) is 8.53. The molecule has 0 aliphatic heterocycles. The second-order valence-electron chi connectivity index (χ2n) is 4.35. The average Bonchev–Trinajstić information content (AvgIpc) is 2.64. The standard InChI is InChI=1S/C14H17NO/c1-11-5-12(2)7-14(6-11)9-15-4-3-13(8-15)10-16/h3-8,16H,9-10H2,1-2H3. The van der Waals surface area contributed by atoms with Crippen molar-refractivity contribution < 1.29 is 5.11 Å². The van der Waals surface area contributed by atoms with Crippen molar-refractivity contribution in [1.29, 1.82) is 0 Å². The van der Waals surface area contributed by atoms with E-state index in [4.69, 9.17) is 5.11 Å². The van der Waals surface area contributed by atoms with Crippen molar-refractivity contribution >= 4 is 0 Å². The third-order valence-electron chi connectivity index (χ3n) is 2.64. The number of aromatic nitrogens is 1. The molecule has 0 fully saturated rings. The molecule has 84 valence electrons. The average molecular weight is 215 g/mol. The fraction of sp³-hybridized carbons (Fsp3) is 0.286. The van der Waals surface area contributed by atoms with Crippen LogP contribution in [0, 0.1) is 13.8 Å². The summed E-state index contributed by atoms with van der Waals surface area (Å²) in [4.78, 5) is 0. The van der Waals surface area contributed by atoms with Gasteiger partial charge in [0.05, 0.1) is 6.61 Å². The molecule has 0 aliphatic rings. The summed E-state index contributed by atoms with van der Waals surface area (Å²) >= 11 is 0. The van der Waals surface area contributed by atoms with Crippen LogP contribution in [0.5, 0.6) is 0 Å². The molecular weight excluding hydrogens is 198 g/mol. The first-order valence-electron chi connectivity index (χ1n) is 5.50. The number of nitrogens with zero attached hydrogens (tertiary/aromatic N) is 1. The fourth-order valence-electron chi connectivity index (χ4n) is 2.05. The maximum absolute atomic E-state index is 8.99. The third kappa shape index (κ3) is 2.52. The Labute approximate surface area is 96.2 Å². The van der Waals surface area contributed by atoms with Crippen LogP contribution in [-0.4, -0.2) is 9.67 Å². The summed E-state index contributed by atoms with van der Waals surface area (Å²) in [5.74, 6) is 0. The molecule has 0 spiro atoms. The Balaban J connectivity index is 2.19. The number of aryl methyl sites for hydroxylation is 2. The van der Waals surface area contributed by atoms with Gasteiger partial charge in [0.1, 0.15) is 0 Å². The van der Waals surface area contributed by atoms with Crippen LogP contribution < -0.4 is 0 Å². The molecule has 1 aromatic heterocycles. The topological polar surface area (TPSA) is 25.2 Å². The minimum atomic E-state index is 0.111. The van der Waals surface area contributed by atoms with Crippen molar-refractivity contribution in [3.05, 3.63) is 58.9 Å². The van der Waals surface area contributed by atoms with Gasteiger partial charge in [-0.25, -0.2) is 0 Å². The van der Waals surface area contributed by atoms with E-state index in [9.17, 15) is 0 Å². The number of aliphatic hydroxyl groups is 1. The molecule has 1 N–H and O–H groups in total. The quantitative estimate of drug-likeness (QED) is 0.836. The molecule has 0 aliphatic carbocycles. The maximum Gasteiger partial charge on any atom is 0.0696 e. The van der Waals surface area contributed by atoms with Gasteiger partial charge < -0.3 is 9.67 Å². The lowest BCUT2D eigenvalue weighted by Gasteiger charge is -2.06. The van der Waals surface area contributed by atoms with E-state index in [2.05, 4.69) is 36.6 Å². The van der Waals surface area contributed by atoms with Crippen molar-refractivity contribution in [3.8, 4) is 0 Å². The van der Waals surface area contributed by atoms with E-state index >= 15 is 0 Å². The van der Waals surface area contributed by atoms with Gasteiger partial charge in [0, 0.05) is 18.9 Å². The molecule has 0 radical (unpaired) electrons. The molecule has 0 bridgehead atoms. The molecule has 2 nitrogen and oxygen atoms in total. The zero-order chi connectivity index (χ0) is 11.5. The zero-order valence-electron chi connectivity index (χ0n) is 9.77. The van der Waals surface area contributed by atoms with E-state index in [1.807, 2.05) is 18.5 Å². The largest absolute Gasteiger partial charge is 0.392 e. The number of hydrogen-bond donors (Lipinski definition) is 1. The lowest BCUT2D eigenvalue weighted by molar-refractivity contribution is 0.282. The van der Waals surface area contributed by atoms with Gasteiger partial charge in [-0.2, -0.15) is 0 Å². The lowest BCUT2D eigenvalue weighted by atomic mass is 10.1. The summed E-state index contributed by atoms with van der Waals surface area (Å²) < 4.78 is 2.10. The molecule has 0 saturated heterocycles. The van der Waals surface area contributed by atoms with E-state index in [1.165, 1.54) is 16.7 Å². The number of hydrogen-bond acceptors (Lipinski definition) is 1. The first-order valence-corrected chi connectivity index (χ1v) is 5.50. The Morgan fingerprint density at radius 2 is 1.75 bits per heavy atom. The third-order valence-corrected chi connectivity index (χ3v) is 2.64. The van der Waals surface area contributed by atoms with Crippen LogP contribution in [0.3, 0.4) is 0 Å². The van der Waals surface area contributed by atoms with Gasteiger partial charge in [-0.1, -0.05) is 29.3 Å². The summed E-state index contributed by atoms with van der Waals surface area (Å²) in [6.07, 6.45) is 3.99. The Kier molecular flexibility index (Phi) is 3.11. The molecule has 2 aromatic rings. The number of rotatable bonds is 3. The minimum absolute atomic E-state index is 0.111. The smallest absolute Gasteiger partial charge is 0.0696 e. The Morgan fingerprint density at radius 3 is 2.31 bits per heavy atom. The lowest BCUT2D eigenvalue weighted by Crippen LogP contribution is -1.97. The van der Waals surface area contributed by atoms with Crippen molar-refractivity contribution in [2.24, 2.45) is 0 Å². The summed E-state index contributed by atoms with van der Waals surface area (Å²) in [7, 11) is 0. The van der Waals surface area contributed by atoms with E-state index in [-0.39, 0.29) is 6.61 Å². The molecule has 0 atom stereocenters. The van der Waals surface area contributed by atoms with Crippen LogP contribution in [0.1, 0.15) is 22.3 Å². The second kappa shape index (κ2) is 4.54. The monoisotopic (exact) mass is 215 g/mol. The highest BCUT2D eigenvalue weighted by atomic mass is 16.3. The molecule has 1 heterocycles. The van der Waals surface area contributed by atoms with Crippen LogP contribution in [-0.2, 0) is 13.2 Å². The zero-order valence-corrected chi connectivity index (χ0v) is 9.77. The minimum Gasteiger partial charge on any atom is -0.392 e. The van der Waals surface area contributed by atoms with Crippen LogP contribution in [0.2, 0.25) is 0 Å². The predicted molar refractivity (Wildman–Crippen MR) is 65.4 cm³/mol. The van der Waals surface area contributed by atoms with Crippen LogP contribution in [0.25, 0.3) is 0 Å². The van der Waals surface area contributed by atoms with Gasteiger partial charge in [0.15, 0.2) is 0 Å². The Morgan fingerprint density at radius 1 is 1.06 bits per heavy atom. The number of benzene rings is 1. The van der Waals surface area contributed by atoms with Gasteiger partial charge >= 0.3 is 0 Å². The van der Waals surface area contributed by atoms with E-state index in [1.54, 1.807) is 0 Å². The molecule has 2 rings (SSSR count). The predicted octanol–water partition coefficient (Wildman–Crippen LogP) is 2.65. The van der Waals surface area contributed by atoms with Gasteiger partial charge in [0.2, 0.25) is 0 Å². The van der Waals surface area contributed by atoms with Crippen LogP contribution >= 0.6 is 0 Å². The molecule has 0 unspecified atom stereocenters. The second-order valence-corrected chi connectivity index (χ2v) is 4.35. The van der Waals surface area contributed by atoms with E-state index < -0.39 is 0 Å². The van der Waals surface area contributed by atoms with Gasteiger partial charge in [0.25, 0.3) is 0 Å². The molecule has 16 heavy (non-hydrogen) atoms. The molecule has 1 aromatic carbocycles.